The Morgan fingerprint density at radius 3 is 2.58 bits per heavy atom. The Labute approximate surface area is 151 Å². The van der Waals surface area contributed by atoms with Crippen molar-refractivity contribution < 1.29 is 14.3 Å². The molecule has 0 unspecified atom stereocenters. The third-order valence-corrected chi connectivity index (χ3v) is 3.85. The predicted molar refractivity (Wildman–Crippen MR) is 98.2 cm³/mol. The molecule has 2 aromatic carbocycles. The van der Waals surface area contributed by atoms with E-state index in [1.807, 2.05) is 31.2 Å². The van der Waals surface area contributed by atoms with Crippen LogP contribution >= 0.6 is 0 Å². The normalized spacial score (nSPS) is 10.4. The molecule has 0 aliphatic carbocycles. The van der Waals surface area contributed by atoms with Gasteiger partial charge in [0.15, 0.2) is 5.69 Å². The van der Waals surface area contributed by atoms with Crippen molar-refractivity contribution >= 4 is 11.6 Å². The lowest BCUT2D eigenvalue weighted by Gasteiger charge is -2.10. The highest BCUT2D eigenvalue weighted by molar-refractivity contribution is 6.03. The minimum absolute atomic E-state index is 0.257. The van der Waals surface area contributed by atoms with E-state index >= 15 is 0 Å². The molecule has 0 saturated heterocycles. The molecule has 0 aliphatic rings. The maximum atomic E-state index is 12.6. The van der Waals surface area contributed by atoms with Crippen LogP contribution < -0.4 is 14.8 Å². The van der Waals surface area contributed by atoms with E-state index in [0.717, 1.165) is 11.4 Å². The van der Waals surface area contributed by atoms with Gasteiger partial charge in [0.1, 0.15) is 17.2 Å². The van der Waals surface area contributed by atoms with Crippen LogP contribution in [-0.4, -0.2) is 34.6 Å². The van der Waals surface area contributed by atoms with Gasteiger partial charge in [-0.25, -0.2) is 4.68 Å². The molecule has 1 N–H and O–H groups in total. The molecule has 0 spiro atoms. The lowest BCUT2D eigenvalue weighted by atomic mass is 10.2. The van der Waals surface area contributed by atoms with Crippen molar-refractivity contribution in [3.8, 4) is 17.2 Å². The average molecular weight is 352 g/mol. The molecular formula is C19H20N4O3. The number of ether oxygens (including phenoxy) is 2. The number of hydrogen-bond donors (Lipinski definition) is 1. The second-order valence-electron chi connectivity index (χ2n) is 5.52. The lowest BCUT2D eigenvalue weighted by molar-refractivity contribution is 0.102. The zero-order valence-corrected chi connectivity index (χ0v) is 14.9. The summed E-state index contributed by atoms with van der Waals surface area (Å²) in [5.74, 6) is 1.08. The van der Waals surface area contributed by atoms with E-state index in [-0.39, 0.29) is 11.6 Å². The number of para-hydroxylation sites is 2. The van der Waals surface area contributed by atoms with Gasteiger partial charge < -0.3 is 14.8 Å². The number of benzene rings is 2. The quantitative estimate of drug-likeness (QED) is 0.737. The van der Waals surface area contributed by atoms with Gasteiger partial charge in [-0.15, -0.1) is 5.10 Å². The van der Waals surface area contributed by atoms with E-state index in [1.165, 1.54) is 0 Å². The van der Waals surface area contributed by atoms with Gasteiger partial charge in [-0.05, 0) is 50.2 Å². The van der Waals surface area contributed by atoms with Gasteiger partial charge >= 0.3 is 0 Å². The first-order chi connectivity index (χ1) is 12.6. The van der Waals surface area contributed by atoms with Crippen LogP contribution in [0.25, 0.3) is 5.69 Å². The molecule has 0 fully saturated rings. The molecule has 0 aliphatic heterocycles. The molecule has 1 amide bonds. The summed E-state index contributed by atoms with van der Waals surface area (Å²) in [6, 6.07) is 14.6. The van der Waals surface area contributed by atoms with E-state index in [0.29, 0.717) is 23.7 Å². The maximum Gasteiger partial charge on any atom is 0.278 e. The fraction of sp³-hybridized carbons (Fsp3) is 0.211. The molecule has 7 nitrogen and oxygen atoms in total. The number of rotatable bonds is 6. The highest BCUT2D eigenvalue weighted by Gasteiger charge is 2.19. The number of carbonyl (C=O) groups is 1. The van der Waals surface area contributed by atoms with Gasteiger partial charge in [0.05, 0.1) is 19.4 Å². The number of anilines is 1. The van der Waals surface area contributed by atoms with Gasteiger partial charge in [0.2, 0.25) is 0 Å². The Balaban J connectivity index is 1.85. The van der Waals surface area contributed by atoms with Crippen LogP contribution in [0.1, 0.15) is 23.1 Å². The largest absolute Gasteiger partial charge is 0.497 e. The number of aromatic nitrogens is 3. The summed E-state index contributed by atoms with van der Waals surface area (Å²) in [4.78, 5) is 12.6. The maximum absolute atomic E-state index is 12.6. The first kappa shape index (κ1) is 17.5. The van der Waals surface area contributed by atoms with Crippen LogP contribution in [0.4, 0.5) is 5.69 Å². The van der Waals surface area contributed by atoms with Crippen LogP contribution in [0.5, 0.6) is 11.5 Å². The van der Waals surface area contributed by atoms with E-state index in [4.69, 9.17) is 9.47 Å². The van der Waals surface area contributed by atoms with Crippen LogP contribution in [-0.2, 0) is 0 Å². The molecule has 1 heterocycles. The smallest absolute Gasteiger partial charge is 0.278 e. The molecule has 3 rings (SSSR count). The Hall–Kier alpha value is -3.35. The number of nitrogens with one attached hydrogen (secondary N) is 1. The topological polar surface area (TPSA) is 78.3 Å². The minimum Gasteiger partial charge on any atom is -0.497 e. The molecule has 0 bridgehead atoms. The van der Waals surface area contributed by atoms with Crippen LogP contribution in [0, 0.1) is 6.92 Å². The summed E-state index contributed by atoms with van der Waals surface area (Å²) < 4.78 is 12.3. The van der Waals surface area contributed by atoms with Crippen LogP contribution in [0.2, 0.25) is 0 Å². The van der Waals surface area contributed by atoms with E-state index in [2.05, 4.69) is 15.6 Å². The zero-order valence-electron chi connectivity index (χ0n) is 14.9. The number of hydrogen-bond acceptors (Lipinski definition) is 5. The second kappa shape index (κ2) is 7.69. The van der Waals surface area contributed by atoms with Crippen molar-refractivity contribution in [2.45, 2.75) is 13.8 Å². The lowest BCUT2D eigenvalue weighted by Crippen LogP contribution is -2.14. The van der Waals surface area contributed by atoms with Crippen molar-refractivity contribution in [1.29, 1.82) is 0 Å². The van der Waals surface area contributed by atoms with Crippen molar-refractivity contribution in [1.82, 2.24) is 15.0 Å². The Kier molecular flexibility index (Phi) is 5.17. The Bertz CT molecular complexity index is 903. The molecule has 7 heteroatoms. The van der Waals surface area contributed by atoms with Gasteiger partial charge in [-0.3, -0.25) is 4.79 Å². The zero-order chi connectivity index (χ0) is 18.5. The Morgan fingerprint density at radius 1 is 1.15 bits per heavy atom. The summed E-state index contributed by atoms with van der Waals surface area (Å²) in [6.07, 6.45) is 0. The van der Waals surface area contributed by atoms with Gasteiger partial charge in [-0.2, -0.15) is 0 Å². The number of carbonyl (C=O) groups excluding carboxylic acids is 1. The van der Waals surface area contributed by atoms with E-state index in [1.54, 1.807) is 43.0 Å². The van der Waals surface area contributed by atoms with Gasteiger partial charge in [0, 0.05) is 5.69 Å². The number of nitrogens with zero attached hydrogens (tertiary/aromatic N) is 3. The standard InChI is InChI=1S/C19H20N4O3/c1-4-26-17-8-6-5-7-16(17)23-13(2)18(21-22-23)19(24)20-14-9-11-15(25-3)12-10-14/h5-12H,4H2,1-3H3,(H,20,24). The summed E-state index contributed by atoms with van der Waals surface area (Å²) in [7, 11) is 1.59. The number of amides is 1. The van der Waals surface area contributed by atoms with Crippen LogP contribution in [0.3, 0.4) is 0 Å². The van der Waals surface area contributed by atoms with Crippen LogP contribution in [0.15, 0.2) is 48.5 Å². The summed E-state index contributed by atoms with van der Waals surface area (Å²) in [6.45, 7) is 4.25. The average Bonchev–Trinajstić information content (AvgIpc) is 3.04. The number of methoxy groups -OCH3 is 1. The highest BCUT2D eigenvalue weighted by atomic mass is 16.5. The fourth-order valence-corrected chi connectivity index (χ4v) is 2.54. The first-order valence-corrected chi connectivity index (χ1v) is 8.24. The third-order valence-electron chi connectivity index (χ3n) is 3.85. The molecular weight excluding hydrogens is 332 g/mol. The van der Waals surface area contributed by atoms with Crippen molar-refractivity contribution in [3.05, 3.63) is 59.9 Å². The van der Waals surface area contributed by atoms with E-state index < -0.39 is 0 Å². The minimum atomic E-state index is -0.326. The van der Waals surface area contributed by atoms with Crippen molar-refractivity contribution in [2.24, 2.45) is 0 Å². The van der Waals surface area contributed by atoms with E-state index in [9.17, 15) is 4.79 Å². The van der Waals surface area contributed by atoms with Crippen molar-refractivity contribution in [2.75, 3.05) is 19.0 Å². The predicted octanol–water partition coefficient (Wildman–Crippen LogP) is 3.24. The Morgan fingerprint density at radius 2 is 1.88 bits per heavy atom. The molecule has 0 atom stereocenters. The molecule has 0 radical (unpaired) electrons. The monoisotopic (exact) mass is 352 g/mol. The molecule has 1 aromatic heterocycles. The van der Waals surface area contributed by atoms with Gasteiger partial charge in [0.25, 0.3) is 5.91 Å². The molecule has 3 aromatic rings. The van der Waals surface area contributed by atoms with Crippen molar-refractivity contribution in [3.63, 3.8) is 0 Å². The first-order valence-electron chi connectivity index (χ1n) is 8.24. The molecule has 26 heavy (non-hydrogen) atoms. The SMILES string of the molecule is CCOc1ccccc1-n1nnc(C(=O)Nc2ccc(OC)cc2)c1C. The third kappa shape index (κ3) is 3.51. The summed E-state index contributed by atoms with van der Waals surface area (Å²) in [5, 5.41) is 11.0. The summed E-state index contributed by atoms with van der Waals surface area (Å²) >= 11 is 0. The second-order valence-corrected chi connectivity index (χ2v) is 5.52. The molecule has 134 valence electrons. The highest BCUT2D eigenvalue weighted by Crippen LogP contribution is 2.24. The summed E-state index contributed by atoms with van der Waals surface area (Å²) in [5.41, 5.74) is 2.28. The fourth-order valence-electron chi connectivity index (χ4n) is 2.54. The molecule has 0 saturated carbocycles. The van der Waals surface area contributed by atoms with Gasteiger partial charge in [-0.1, -0.05) is 17.3 Å².